The largest absolute Gasteiger partial charge is 0.478 e. The predicted molar refractivity (Wildman–Crippen MR) is 60.6 cm³/mol. The summed E-state index contributed by atoms with van der Waals surface area (Å²) >= 11 is 0. The molecule has 0 spiro atoms. The number of pyridine rings is 1. The maximum absolute atomic E-state index is 13.4. The van der Waals surface area contributed by atoms with Crippen molar-refractivity contribution in [3.63, 3.8) is 0 Å². The third kappa shape index (κ3) is 2.10. The molecule has 0 radical (unpaired) electrons. The second-order valence-electron chi connectivity index (χ2n) is 4.55. The second-order valence-corrected chi connectivity index (χ2v) is 4.55. The number of carboxylic acids is 1. The third-order valence-electron chi connectivity index (χ3n) is 3.41. The number of nitrogens with zero attached hydrogens (tertiary/aromatic N) is 1. The molecule has 0 atom stereocenters. The molecule has 0 aromatic carbocycles. The van der Waals surface area contributed by atoms with Crippen LogP contribution in [0.5, 0.6) is 0 Å². The molecule has 98 valence electrons. The Morgan fingerprint density at radius 1 is 1.33 bits per heavy atom. The molecule has 1 aliphatic rings. The lowest BCUT2D eigenvalue weighted by Crippen LogP contribution is -2.29. The van der Waals surface area contributed by atoms with Gasteiger partial charge in [0.15, 0.2) is 0 Å². The molecular weight excluding hydrogens is 241 g/mol. The van der Waals surface area contributed by atoms with Crippen molar-refractivity contribution in [1.29, 1.82) is 0 Å². The van der Waals surface area contributed by atoms with Gasteiger partial charge in [-0.25, -0.2) is 4.79 Å². The van der Waals surface area contributed by atoms with Crippen molar-refractivity contribution < 1.29 is 19.5 Å². The lowest BCUT2D eigenvalue weighted by atomic mass is 9.86. The first-order chi connectivity index (χ1) is 8.52. The van der Waals surface area contributed by atoms with Crippen molar-refractivity contribution in [2.75, 3.05) is 0 Å². The molecule has 1 fully saturated rings. The highest BCUT2D eigenvalue weighted by molar-refractivity contribution is 5.87. The van der Waals surface area contributed by atoms with Crippen LogP contribution < -0.4 is 5.56 Å². The molecule has 1 aromatic heterocycles. The van der Waals surface area contributed by atoms with E-state index in [-0.39, 0.29) is 16.3 Å². The highest BCUT2D eigenvalue weighted by Crippen LogP contribution is 2.32. The van der Waals surface area contributed by atoms with E-state index >= 15 is 0 Å². The monoisotopic (exact) mass is 255 g/mol. The predicted octanol–water partition coefficient (Wildman–Crippen LogP) is 1.97. The fourth-order valence-electron chi connectivity index (χ4n) is 2.44. The minimum absolute atomic E-state index is 0.0878. The number of carbonyl (C=O) groups is 1. The molecule has 18 heavy (non-hydrogen) atoms. The normalized spacial score (nSPS) is 16.7. The molecule has 0 saturated heterocycles. The van der Waals surface area contributed by atoms with Crippen LogP contribution in [-0.2, 0) is 0 Å². The van der Waals surface area contributed by atoms with Crippen molar-refractivity contribution in [1.82, 2.24) is 4.73 Å². The van der Waals surface area contributed by atoms with Gasteiger partial charge in [-0.05, 0) is 18.9 Å². The van der Waals surface area contributed by atoms with Gasteiger partial charge < -0.3 is 10.3 Å². The number of halogens is 1. The third-order valence-corrected chi connectivity index (χ3v) is 3.41. The molecule has 0 unspecified atom stereocenters. The smallest absolute Gasteiger partial charge is 0.338 e. The molecule has 1 saturated carbocycles. The molecule has 0 bridgehead atoms. The number of hydrogen-bond acceptors (Lipinski definition) is 3. The van der Waals surface area contributed by atoms with Crippen LogP contribution >= 0.6 is 0 Å². The summed E-state index contributed by atoms with van der Waals surface area (Å²) in [5.41, 5.74) is -1.78. The van der Waals surface area contributed by atoms with E-state index in [1.165, 1.54) is 0 Å². The van der Waals surface area contributed by atoms with Crippen LogP contribution in [-0.4, -0.2) is 21.0 Å². The maximum atomic E-state index is 13.4. The topological polar surface area (TPSA) is 79.5 Å². The average Bonchev–Trinajstić information content (AvgIpc) is 2.37. The van der Waals surface area contributed by atoms with E-state index in [0.29, 0.717) is 0 Å². The number of carboxylic acid groups (broad SMARTS) is 1. The van der Waals surface area contributed by atoms with E-state index in [4.69, 9.17) is 5.11 Å². The quantitative estimate of drug-likeness (QED) is 0.792. The molecule has 2 rings (SSSR count). The van der Waals surface area contributed by atoms with Gasteiger partial charge >= 0.3 is 11.5 Å². The zero-order valence-electron chi connectivity index (χ0n) is 9.73. The number of aromatic carboxylic acids is 1. The first-order valence-corrected chi connectivity index (χ1v) is 5.90. The Labute approximate surface area is 102 Å². The Balaban J connectivity index is 2.53. The molecule has 6 heteroatoms. The van der Waals surface area contributed by atoms with Crippen molar-refractivity contribution >= 4 is 5.97 Å². The first-order valence-electron chi connectivity index (χ1n) is 5.90. The zero-order chi connectivity index (χ0) is 13.3. The number of rotatable bonds is 2. The van der Waals surface area contributed by atoms with Crippen LogP contribution in [0.25, 0.3) is 0 Å². The highest BCUT2D eigenvalue weighted by atomic mass is 19.1. The van der Waals surface area contributed by atoms with Crippen LogP contribution in [0.1, 0.15) is 54.1 Å². The Morgan fingerprint density at radius 2 is 1.94 bits per heavy atom. The Morgan fingerprint density at radius 3 is 2.50 bits per heavy atom. The molecule has 1 aliphatic carbocycles. The van der Waals surface area contributed by atoms with E-state index in [0.717, 1.165) is 38.2 Å². The van der Waals surface area contributed by atoms with Crippen LogP contribution in [0.3, 0.4) is 0 Å². The van der Waals surface area contributed by atoms with Gasteiger partial charge in [-0.3, -0.25) is 4.79 Å². The van der Waals surface area contributed by atoms with Crippen LogP contribution in [0.2, 0.25) is 0 Å². The van der Waals surface area contributed by atoms with Crippen LogP contribution in [0.15, 0.2) is 10.9 Å². The lowest BCUT2D eigenvalue weighted by molar-refractivity contribution is 0.0688. The Kier molecular flexibility index (Phi) is 3.36. The minimum atomic E-state index is -1.50. The molecule has 0 amide bonds. The fourth-order valence-corrected chi connectivity index (χ4v) is 2.44. The summed E-state index contributed by atoms with van der Waals surface area (Å²) in [7, 11) is 0. The summed E-state index contributed by atoms with van der Waals surface area (Å²) in [6.07, 6.45) is 4.53. The Hall–Kier alpha value is -1.85. The van der Waals surface area contributed by atoms with Crippen molar-refractivity contribution in [3.8, 4) is 0 Å². The number of hydrogen-bond donors (Lipinski definition) is 2. The maximum Gasteiger partial charge on any atom is 0.338 e. The average molecular weight is 255 g/mol. The van der Waals surface area contributed by atoms with E-state index in [1.807, 2.05) is 0 Å². The SMILES string of the molecule is O=C(O)c1cc(C2CCCCC2)n(O)c(=O)c1F. The van der Waals surface area contributed by atoms with E-state index < -0.39 is 22.9 Å². The minimum Gasteiger partial charge on any atom is -0.478 e. The van der Waals surface area contributed by atoms with Gasteiger partial charge in [-0.2, -0.15) is 4.39 Å². The lowest BCUT2D eigenvalue weighted by Gasteiger charge is -2.23. The summed E-state index contributed by atoms with van der Waals surface area (Å²) in [6, 6.07) is 1.06. The molecule has 1 aromatic rings. The molecule has 2 N–H and O–H groups in total. The fraction of sp³-hybridized carbons (Fsp3) is 0.500. The van der Waals surface area contributed by atoms with Gasteiger partial charge in [0, 0.05) is 5.92 Å². The van der Waals surface area contributed by atoms with E-state index in [1.54, 1.807) is 0 Å². The van der Waals surface area contributed by atoms with Crippen LogP contribution in [0, 0.1) is 5.82 Å². The van der Waals surface area contributed by atoms with Gasteiger partial charge in [0.2, 0.25) is 5.82 Å². The summed E-state index contributed by atoms with van der Waals surface area (Å²) < 4.78 is 13.6. The molecular formula is C12H14FNO4. The van der Waals surface area contributed by atoms with Gasteiger partial charge in [0.1, 0.15) is 5.56 Å². The molecule has 1 heterocycles. The highest BCUT2D eigenvalue weighted by Gasteiger charge is 2.25. The second kappa shape index (κ2) is 4.80. The molecule has 0 aliphatic heterocycles. The van der Waals surface area contributed by atoms with Gasteiger partial charge in [-0.15, -0.1) is 4.73 Å². The first kappa shape index (κ1) is 12.6. The van der Waals surface area contributed by atoms with Gasteiger partial charge in [-0.1, -0.05) is 19.3 Å². The van der Waals surface area contributed by atoms with Crippen molar-refractivity contribution in [2.24, 2.45) is 0 Å². The van der Waals surface area contributed by atoms with E-state index in [9.17, 15) is 19.2 Å². The van der Waals surface area contributed by atoms with Gasteiger partial charge in [0.05, 0.1) is 5.69 Å². The van der Waals surface area contributed by atoms with Crippen molar-refractivity contribution in [2.45, 2.75) is 38.0 Å². The number of aromatic nitrogens is 1. The zero-order valence-corrected chi connectivity index (χ0v) is 9.73. The summed E-state index contributed by atoms with van der Waals surface area (Å²) in [5.74, 6) is -3.01. The summed E-state index contributed by atoms with van der Waals surface area (Å²) in [6.45, 7) is 0. The van der Waals surface area contributed by atoms with E-state index in [2.05, 4.69) is 0 Å². The Bertz CT molecular complexity index is 532. The van der Waals surface area contributed by atoms with Crippen molar-refractivity contribution in [3.05, 3.63) is 33.5 Å². The van der Waals surface area contributed by atoms with Gasteiger partial charge in [0.25, 0.3) is 0 Å². The molecule has 5 nitrogen and oxygen atoms in total. The standard InChI is InChI=1S/C12H14FNO4/c13-10-8(12(16)17)6-9(14(18)11(10)15)7-4-2-1-3-5-7/h6-7,18H,1-5H2,(H,16,17). The summed E-state index contributed by atoms with van der Waals surface area (Å²) in [5, 5.41) is 18.4. The van der Waals surface area contributed by atoms with Crippen LogP contribution in [0.4, 0.5) is 4.39 Å². The summed E-state index contributed by atoms with van der Waals surface area (Å²) in [4.78, 5) is 22.3.